The van der Waals surface area contributed by atoms with Crippen LogP contribution in [-0.4, -0.2) is 21.2 Å². The van der Waals surface area contributed by atoms with Crippen LogP contribution < -0.4 is 0 Å². The first-order valence-corrected chi connectivity index (χ1v) is 5.73. The van der Waals surface area contributed by atoms with Gasteiger partial charge in [0.25, 0.3) is 0 Å². The van der Waals surface area contributed by atoms with Crippen molar-refractivity contribution in [2.24, 2.45) is 0 Å². The molecule has 4 nitrogen and oxygen atoms in total. The van der Waals surface area contributed by atoms with Gasteiger partial charge in [0, 0.05) is 0 Å². The molecule has 6 heteroatoms. The van der Waals surface area contributed by atoms with E-state index < -0.39 is 17.5 Å². The van der Waals surface area contributed by atoms with Gasteiger partial charge in [-0.2, -0.15) is 0 Å². The number of thiazole rings is 1. The Labute approximate surface area is 106 Å². The average molecular weight is 265 g/mol. The molecule has 0 spiro atoms. The van der Waals surface area contributed by atoms with Crippen molar-refractivity contribution in [1.82, 2.24) is 4.98 Å². The number of carboxylic acid groups (broad SMARTS) is 1. The van der Waals surface area contributed by atoms with E-state index in [0.29, 0.717) is 10.6 Å². The number of carbonyl (C=O) groups is 1. The van der Waals surface area contributed by atoms with Crippen LogP contribution in [0.3, 0.4) is 0 Å². The van der Waals surface area contributed by atoms with Gasteiger partial charge in [0.1, 0.15) is 9.88 Å². The van der Waals surface area contributed by atoms with E-state index in [1.807, 2.05) is 0 Å². The molecule has 1 aromatic heterocycles. The third-order valence-corrected chi connectivity index (χ3v) is 3.08. The topological polar surface area (TPSA) is 70.4 Å². The zero-order valence-corrected chi connectivity index (χ0v) is 9.82. The first-order valence-electron chi connectivity index (χ1n) is 4.92. The Bertz CT molecular complexity index is 622. The standard InChI is InChI=1S/C12H8FNO3S/c13-8-5-7(1-3-9(8)15)2-4-11-14-6-10(18-11)12(16)17/h1-6,15H,(H,16,17). The molecule has 0 saturated carbocycles. The van der Waals surface area contributed by atoms with Crippen molar-refractivity contribution in [3.05, 3.63) is 45.7 Å². The van der Waals surface area contributed by atoms with Crippen LogP contribution in [0.15, 0.2) is 24.4 Å². The fourth-order valence-corrected chi connectivity index (χ4v) is 1.92. The maximum absolute atomic E-state index is 13.0. The third-order valence-electron chi connectivity index (χ3n) is 2.12. The number of halogens is 1. The van der Waals surface area contributed by atoms with Crippen LogP contribution >= 0.6 is 11.3 Å². The summed E-state index contributed by atoms with van der Waals surface area (Å²) in [5.41, 5.74) is 0.553. The molecule has 0 unspecified atom stereocenters. The molecule has 2 N–H and O–H groups in total. The van der Waals surface area contributed by atoms with E-state index in [0.717, 1.165) is 11.3 Å². The number of phenolic OH excluding ortho intramolecular Hbond substituents is 1. The zero-order chi connectivity index (χ0) is 13.1. The second-order valence-electron chi connectivity index (χ2n) is 3.41. The van der Waals surface area contributed by atoms with Gasteiger partial charge in [0.2, 0.25) is 0 Å². The van der Waals surface area contributed by atoms with Crippen LogP contribution in [-0.2, 0) is 0 Å². The zero-order valence-electron chi connectivity index (χ0n) is 9.00. The normalized spacial score (nSPS) is 10.9. The minimum atomic E-state index is -1.03. The van der Waals surface area contributed by atoms with Crippen LogP contribution in [0.2, 0.25) is 0 Å². The van der Waals surface area contributed by atoms with E-state index in [9.17, 15) is 9.18 Å². The summed E-state index contributed by atoms with van der Waals surface area (Å²) < 4.78 is 13.0. The van der Waals surface area contributed by atoms with Crippen LogP contribution in [0.25, 0.3) is 12.2 Å². The quantitative estimate of drug-likeness (QED) is 0.895. The summed E-state index contributed by atoms with van der Waals surface area (Å²) in [5, 5.41) is 18.3. The number of rotatable bonds is 3. The molecule has 1 heterocycles. The van der Waals surface area contributed by atoms with E-state index in [1.54, 1.807) is 18.2 Å². The van der Waals surface area contributed by atoms with Crippen molar-refractivity contribution in [3.8, 4) is 5.75 Å². The summed E-state index contributed by atoms with van der Waals surface area (Å²) in [5.74, 6) is -2.14. The second kappa shape index (κ2) is 4.97. The summed E-state index contributed by atoms with van der Waals surface area (Å²) in [6, 6.07) is 3.97. The number of carboxylic acids is 1. The van der Waals surface area contributed by atoms with Gasteiger partial charge in [-0.15, -0.1) is 11.3 Å². The Kier molecular flexibility index (Phi) is 3.38. The summed E-state index contributed by atoms with van der Waals surface area (Å²) >= 11 is 1.03. The molecule has 0 bridgehead atoms. The van der Waals surface area contributed by atoms with Gasteiger partial charge in [-0.25, -0.2) is 14.2 Å². The number of aromatic carboxylic acids is 1. The number of aromatic hydroxyl groups is 1. The van der Waals surface area contributed by atoms with Crippen LogP contribution in [0.5, 0.6) is 5.75 Å². The molecule has 0 amide bonds. The highest BCUT2D eigenvalue weighted by atomic mass is 32.1. The molecule has 1 aromatic carbocycles. The van der Waals surface area contributed by atoms with Crippen molar-refractivity contribution in [1.29, 1.82) is 0 Å². The second-order valence-corrected chi connectivity index (χ2v) is 4.47. The summed E-state index contributed by atoms with van der Waals surface area (Å²) in [6.07, 6.45) is 4.44. The Morgan fingerprint density at radius 2 is 2.17 bits per heavy atom. The Hall–Kier alpha value is -2.21. The average Bonchev–Trinajstić information content (AvgIpc) is 2.79. The number of nitrogens with zero attached hydrogens (tertiary/aromatic N) is 1. The van der Waals surface area contributed by atoms with Gasteiger partial charge in [0.15, 0.2) is 11.6 Å². The van der Waals surface area contributed by atoms with Gasteiger partial charge in [-0.3, -0.25) is 0 Å². The lowest BCUT2D eigenvalue weighted by Crippen LogP contribution is -1.89. The van der Waals surface area contributed by atoms with Crippen molar-refractivity contribution in [3.63, 3.8) is 0 Å². The highest BCUT2D eigenvalue weighted by molar-refractivity contribution is 7.14. The Balaban J connectivity index is 2.19. The van der Waals surface area contributed by atoms with Crippen molar-refractivity contribution in [2.75, 3.05) is 0 Å². The minimum absolute atomic E-state index is 0.145. The number of phenols is 1. The van der Waals surface area contributed by atoms with Crippen molar-refractivity contribution >= 4 is 29.5 Å². The smallest absolute Gasteiger partial charge is 0.347 e. The van der Waals surface area contributed by atoms with E-state index >= 15 is 0 Å². The first kappa shape index (κ1) is 12.3. The number of hydrogen-bond acceptors (Lipinski definition) is 4. The van der Waals surface area contributed by atoms with Crippen LogP contribution in [0.4, 0.5) is 4.39 Å². The summed E-state index contributed by atoms with van der Waals surface area (Å²) in [4.78, 5) is 14.7. The van der Waals surface area contributed by atoms with Gasteiger partial charge in [-0.1, -0.05) is 12.1 Å². The number of aromatic nitrogens is 1. The molecule has 0 aliphatic carbocycles. The molecule has 0 aliphatic heterocycles. The van der Waals surface area contributed by atoms with Crippen molar-refractivity contribution < 1.29 is 19.4 Å². The summed E-state index contributed by atoms with van der Waals surface area (Å²) in [6.45, 7) is 0. The van der Waals surface area contributed by atoms with Crippen LogP contribution in [0.1, 0.15) is 20.2 Å². The molecule has 18 heavy (non-hydrogen) atoms. The largest absolute Gasteiger partial charge is 0.505 e. The molecule has 0 fully saturated rings. The number of hydrogen-bond donors (Lipinski definition) is 2. The molecule has 0 atom stereocenters. The predicted molar refractivity (Wildman–Crippen MR) is 66.1 cm³/mol. The third kappa shape index (κ3) is 2.72. The molecule has 2 rings (SSSR count). The van der Waals surface area contributed by atoms with E-state index in [1.165, 1.54) is 18.3 Å². The Morgan fingerprint density at radius 1 is 1.39 bits per heavy atom. The van der Waals surface area contributed by atoms with Crippen LogP contribution in [0, 0.1) is 5.82 Å². The van der Waals surface area contributed by atoms with Gasteiger partial charge in [-0.05, 0) is 23.8 Å². The SMILES string of the molecule is O=C(O)c1cnc(C=Cc2ccc(O)c(F)c2)s1. The maximum atomic E-state index is 13.0. The lowest BCUT2D eigenvalue weighted by Gasteiger charge is -1.96. The molecule has 92 valence electrons. The molecular weight excluding hydrogens is 257 g/mol. The molecule has 0 aliphatic rings. The lowest BCUT2D eigenvalue weighted by molar-refractivity contribution is 0.0702. The molecular formula is C12H8FNO3S. The van der Waals surface area contributed by atoms with Crippen molar-refractivity contribution in [2.45, 2.75) is 0 Å². The monoisotopic (exact) mass is 265 g/mol. The van der Waals surface area contributed by atoms with E-state index in [2.05, 4.69) is 4.98 Å². The first-order chi connectivity index (χ1) is 8.56. The molecule has 2 aromatic rings. The lowest BCUT2D eigenvalue weighted by atomic mass is 10.2. The summed E-state index contributed by atoms with van der Waals surface area (Å²) in [7, 11) is 0. The van der Waals surface area contributed by atoms with Gasteiger partial charge < -0.3 is 10.2 Å². The maximum Gasteiger partial charge on any atom is 0.347 e. The minimum Gasteiger partial charge on any atom is -0.505 e. The molecule has 0 saturated heterocycles. The highest BCUT2D eigenvalue weighted by Crippen LogP contribution is 2.19. The fraction of sp³-hybridized carbons (Fsp3) is 0. The van der Waals surface area contributed by atoms with E-state index in [-0.39, 0.29) is 4.88 Å². The van der Waals surface area contributed by atoms with Gasteiger partial charge in [0.05, 0.1) is 6.20 Å². The number of benzene rings is 1. The molecule has 0 radical (unpaired) electrons. The fourth-order valence-electron chi connectivity index (χ4n) is 1.26. The highest BCUT2D eigenvalue weighted by Gasteiger charge is 2.06. The predicted octanol–water partition coefficient (Wildman–Crippen LogP) is 2.86. The Morgan fingerprint density at radius 3 is 2.78 bits per heavy atom. The van der Waals surface area contributed by atoms with E-state index in [4.69, 9.17) is 10.2 Å². The van der Waals surface area contributed by atoms with Gasteiger partial charge >= 0.3 is 5.97 Å².